The number of halogens is 1. The molecule has 4 nitrogen and oxygen atoms in total. The van der Waals surface area contributed by atoms with Crippen LogP contribution < -0.4 is 10.6 Å². The average Bonchev–Trinajstić information content (AvgIpc) is 2.16. The van der Waals surface area contributed by atoms with E-state index in [1.54, 1.807) is 0 Å². The topological polar surface area (TPSA) is 55.0 Å². The molecular formula is C9H15BrN4. The molecule has 0 unspecified atom stereocenters. The van der Waals surface area contributed by atoms with E-state index in [4.69, 9.17) is 5.73 Å². The van der Waals surface area contributed by atoms with Crippen LogP contribution in [0.4, 0.5) is 11.8 Å². The number of rotatable bonds is 3. The van der Waals surface area contributed by atoms with Crippen molar-refractivity contribution in [1.82, 2.24) is 9.97 Å². The summed E-state index contributed by atoms with van der Waals surface area (Å²) in [5.41, 5.74) is 6.62. The second-order valence-corrected chi connectivity index (χ2v) is 3.77. The van der Waals surface area contributed by atoms with Crippen LogP contribution in [0.3, 0.4) is 0 Å². The van der Waals surface area contributed by atoms with Gasteiger partial charge in [0.2, 0.25) is 5.95 Å². The molecule has 0 atom stereocenters. The van der Waals surface area contributed by atoms with Crippen LogP contribution in [-0.4, -0.2) is 23.1 Å². The van der Waals surface area contributed by atoms with Gasteiger partial charge >= 0.3 is 0 Å². The molecule has 0 fully saturated rings. The quantitative estimate of drug-likeness (QED) is 0.901. The van der Waals surface area contributed by atoms with Crippen molar-refractivity contribution in [2.45, 2.75) is 20.8 Å². The highest BCUT2D eigenvalue weighted by Crippen LogP contribution is 2.22. The van der Waals surface area contributed by atoms with Crippen LogP contribution in [0.2, 0.25) is 0 Å². The Labute approximate surface area is 92.7 Å². The predicted molar refractivity (Wildman–Crippen MR) is 62.4 cm³/mol. The maximum Gasteiger partial charge on any atom is 0.227 e. The summed E-state index contributed by atoms with van der Waals surface area (Å²) in [5, 5.41) is 0. The Morgan fingerprint density at radius 1 is 1.29 bits per heavy atom. The van der Waals surface area contributed by atoms with Gasteiger partial charge in [0.05, 0.1) is 10.2 Å². The maximum absolute atomic E-state index is 5.74. The molecule has 1 aromatic heterocycles. The molecule has 0 aliphatic rings. The van der Waals surface area contributed by atoms with Crippen molar-refractivity contribution in [3.8, 4) is 0 Å². The molecule has 0 spiro atoms. The van der Waals surface area contributed by atoms with Crippen molar-refractivity contribution in [3.05, 3.63) is 10.2 Å². The Morgan fingerprint density at radius 3 is 2.29 bits per heavy atom. The highest BCUT2D eigenvalue weighted by molar-refractivity contribution is 9.10. The normalized spacial score (nSPS) is 10.3. The zero-order chi connectivity index (χ0) is 10.7. The van der Waals surface area contributed by atoms with E-state index in [0.717, 1.165) is 23.3 Å². The summed E-state index contributed by atoms with van der Waals surface area (Å²) < 4.78 is 0.786. The van der Waals surface area contributed by atoms with Gasteiger partial charge in [-0.05, 0) is 36.7 Å². The summed E-state index contributed by atoms with van der Waals surface area (Å²) in [6, 6.07) is 0. The molecule has 0 aliphatic heterocycles. The molecule has 1 aromatic rings. The van der Waals surface area contributed by atoms with Crippen LogP contribution in [0.15, 0.2) is 4.47 Å². The minimum absolute atomic E-state index is 0.499. The molecule has 0 bridgehead atoms. The second-order valence-electron chi connectivity index (χ2n) is 2.98. The standard InChI is InChI=1S/C9H15BrN4/c1-4-14(5-2)9-12-6(3)7(10)8(11)13-9/h4-5H2,1-3H3,(H2,11,12,13). The van der Waals surface area contributed by atoms with Crippen LogP contribution in [0.5, 0.6) is 0 Å². The monoisotopic (exact) mass is 258 g/mol. The molecule has 0 aromatic carbocycles. The van der Waals surface area contributed by atoms with Crippen molar-refractivity contribution in [2.24, 2.45) is 0 Å². The van der Waals surface area contributed by atoms with Gasteiger partial charge in [0.1, 0.15) is 5.82 Å². The number of nitrogens with zero attached hydrogens (tertiary/aromatic N) is 3. The molecule has 14 heavy (non-hydrogen) atoms. The molecule has 0 amide bonds. The lowest BCUT2D eigenvalue weighted by atomic mass is 10.4. The molecule has 5 heteroatoms. The van der Waals surface area contributed by atoms with Gasteiger partial charge in [0, 0.05) is 13.1 Å². The summed E-state index contributed by atoms with van der Waals surface area (Å²) in [5.74, 6) is 1.20. The van der Waals surface area contributed by atoms with Crippen LogP contribution in [0.25, 0.3) is 0 Å². The maximum atomic E-state index is 5.74. The molecule has 0 saturated heterocycles. The zero-order valence-electron chi connectivity index (χ0n) is 8.71. The van der Waals surface area contributed by atoms with Gasteiger partial charge in [0.15, 0.2) is 0 Å². The van der Waals surface area contributed by atoms with Crippen molar-refractivity contribution in [3.63, 3.8) is 0 Å². The second kappa shape index (κ2) is 4.59. The first kappa shape index (κ1) is 11.2. The lowest BCUT2D eigenvalue weighted by Crippen LogP contribution is -2.24. The van der Waals surface area contributed by atoms with Crippen LogP contribution in [0, 0.1) is 6.92 Å². The van der Waals surface area contributed by atoms with E-state index in [1.165, 1.54) is 0 Å². The molecule has 0 radical (unpaired) electrons. The first-order valence-corrected chi connectivity index (χ1v) is 5.44. The number of anilines is 2. The van der Waals surface area contributed by atoms with Gasteiger partial charge in [-0.3, -0.25) is 0 Å². The fraction of sp³-hybridized carbons (Fsp3) is 0.556. The third-order valence-corrected chi connectivity index (χ3v) is 3.06. The molecule has 0 aliphatic carbocycles. The van der Waals surface area contributed by atoms with E-state index in [-0.39, 0.29) is 0 Å². The van der Waals surface area contributed by atoms with Crippen molar-refractivity contribution in [2.75, 3.05) is 23.7 Å². The fourth-order valence-corrected chi connectivity index (χ4v) is 1.39. The third kappa shape index (κ3) is 2.15. The molecule has 78 valence electrons. The van der Waals surface area contributed by atoms with Crippen molar-refractivity contribution < 1.29 is 0 Å². The Bertz CT molecular complexity index is 300. The smallest absolute Gasteiger partial charge is 0.227 e. The van der Waals surface area contributed by atoms with Gasteiger partial charge in [-0.25, -0.2) is 4.98 Å². The zero-order valence-corrected chi connectivity index (χ0v) is 10.3. The van der Waals surface area contributed by atoms with Crippen LogP contribution in [-0.2, 0) is 0 Å². The SMILES string of the molecule is CCN(CC)c1nc(C)c(Br)c(N)n1. The average molecular weight is 259 g/mol. The van der Waals surface area contributed by atoms with Crippen molar-refractivity contribution in [1.29, 1.82) is 0 Å². The summed E-state index contributed by atoms with van der Waals surface area (Å²) >= 11 is 3.34. The van der Waals surface area contributed by atoms with Crippen LogP contribution >= 0.6 is 15.9 Å². The third-order valence-electron chi connectivity index (χ3n) is 2.08. The summed E-state index contributed by atoms with van der Waals surface area (Å²) in [6.45, 7) is 7.82. The van der Waals surface area contributed by atoms with Crippen LogP contribution in [0.1, 0.15) is 19.5 Å². The Kier molecular flexibility index (Phi) is 3.69. The van der Waals surface area contributed by atoms with Crippen molar-refractivity contribution >= 4 is 27.7 Å². The summed E-state index contributed by atoms with van der Waals surface area (Å²) in [6.07, 6.45) is 0. The van der Waals surface area contributed by atoms with E-state index >= 15 is 0 Å². The first-order valence-electron chi connectivity index (χ1n) is 4.64. The Hall–Kier alpha value is -0.840. The number of hydrogen-bond donors (Lipinski definition) is 1. The van der Waals surface area contributed by atoms with E-state index in [2.05, 4.69) is 44.6 Å². The number of nitrogens with two attached hydrogens (primary N) is 1. The molecule has 1 rings (SSSR count). The van der Waals surface area contributed by atoms with Gasteiger partial charge < -0.3 is 10.6 Å². The molecule has 2 N–H and O–H groups in total. The van der Waals surface area contributed by atoms with Gasteiger partial charge in [-0.1, -0.05) is 0 Å². The summed E-state index contributed by atoms with van der Waals surface area (Å²) in [4.78, 5) is 10.7. The van der Waals surface area contributed by atoms with E-state index in [1.807, 2.05) is 6.92 Å². The number of hydrogen-bond acceptors (Lipinski definition) is 4. The number of aromatic nitrogens is 2. The Balaban J connectivity index is 3.11. The van der Waals surface area contributed by atoms with E-state index in [0.29, 0.717) is 11.8 Å². The minimum Gasteiger partial charge on any atom is -0.383 e. The lowest BCUT2D eigenvalue weighted by molar-refractivity contribution is 0.816. The predicted octanol–water partition coefficient (Wildman–Crippen LogP) is 1.98. The minimum atomic E-state index is 0.499. The van der Waals surface area contributed by atoms with Gasteiger partial charge in [-0.2, -0.15) is 4.98 Å². The highest BCUT2D eigenvalue weighted by atomic mass is 79.9. The number of nitrogen functional groups attached to an aromatic ring is 1. The fourth-order valence-electron chi connectivity index (χ4n) is 1.21. The molecule has 1 heterocycles. The van der Waals surface area contributed by atoms with E-state index < -0.39 is 0 Å². The van der Waals surface area contributed by atoms with Gasteiger partial charge in [-0.15, -0.1) is 0 Å². The molecule has 0 saturated carbocycles. The lowest BCUT2D eigenvalue weighted by Gasteiger charge is -2.19. The number of aryl methyl sites for hydroxylation is 1. The Morgan fingerprint density at radius 2 is 1.86 bits per heavy atom. The highest BCUT2D eigenvalue weighted by Gasteiger charge is 2.10. The molecular weight excluding hydrogens is 244 g/mol. The van der Waals surface area contributed by atoms with Gasteiger partial charge in [0.25, 0.3) is 0 Å². The van der Waals surface area contributed by atoms with E-state index in [9.17, 15) is 0 Å². The largest absolute Gasteiger partial charge is 0.383 e. The summed E-state index contributed by atoms with van der Waals surface area (Å²) in [7, 11) is 0. The first-order chi connectivity index (χ1) is 6.60.